The van der Waals surface area contributed by atoms with Gasteiger partial charge in [-0.2, -0.15) is 0 Å². The summed E-state index contributed by atoms with van der Waals surface area (Å²) in [5.74, 6) is -1.34. The Morgan fingerprint density at radius 2 is 1.96 bits per heavy atom. The summed E-state index contributed by atoms with van der Waals surface area (Å²) < 4.78 is 34.3. The Morgan fingerprint density at radius 3 is 2.72 bits per heavy atom. The molecule has 1 aliphatic carbocycles. The van der Waals surface area contributed by atoms with E-state index in [2.05, 4.69) is 21.2 Å². The van der Waals surface area contributed by atoms with E-state index in [0.29, 0.717) is 19.4 Å². The topological polar surface area (TPSA) is 38.3 Å². The van der Waals surface area contributed by atoms with Crippen LogP contribution in [0.25, 0.3) is 0 Å². The average Bonchev–Trinajstić information content (AvgIpc) is 3.36. The molecule has 0 saturated heterocycles. The molecule has 3 nitrogen and oxygen atoms in total. The van der Waals surface area contributed by atoms with Gasteiger partial charge in [-0.25, -0.2) is 8.78 Å². The smallest absolute Gasteiger partial charge is 0.224 e. The summed E-state index contributed by atoms with van der Waals surface area (Å²) in [7, 11) is 0. The van der Waals surface area contributed by atoms with E-state index in [1.54, 1.807) is 0 Å². The predicted octanol–water partition coefficient (Wildman–Crippen LogP) is 4.47. The number of hydrogen-bond donors (Lipinski definition) is 1. The molecule has 6 heteroatoms. The monoisotopic (exact) mass is 407 g/mol. The zero-order valence-electron chi connectivity index (χ0n) is 13.3. The Morgan fingerprint density at radius 1 is 1.20 bits per heavy atom. The summed E-state index contributed by atoms with van der Waals surface area (Å²) in [5, 5.41) is 3.02. The molecule has 2 aliphatic rings. The van der Waals surface area contributed by atoms with Crippen molar-refractivity contribution in [3.63, 3.8) is 0 Å². The zero-order valence-corrected chi connectivity index (χ0v) is 14.9. The van der Waals surface area contributed by atoms with Crippen LogP contribution in [0, 0.1) is 17.6 Å². The molecule has 3 atom stereocenters. The number of carbonyl (C=O) groups is 1. The molecule has 25 heavy (non-hydrogen) atoms. The molecule has 1 N–H and O–H groups in total. The van der Waals surface area contributed by atoms with Crippen molar-refractivity contribution in [2.75, 3.05) is 6.61 Å². The van der Waals surface area contributed by atoms with E-state index >= 15 is 0 Å². The minimum absolute atomic E-state index is 0.0257. The van der Waals surface area contributed by atoms with Gasteiger partial charge in [0, 0.05) is 33.9 Å². The maximum Gasteiger partial charge on any atom is 0.224 e. The number of ether oxygens (including phenoxy) is 1. The van der Waals surface area contributed by atoms with Crippen molar-refractivity contribution < 1.29 is 18.3 Å². The van der Waals surface area contributed by atoms with Gasteiger partial charge in [0.15, 0.2) is 0 Å². The van der Waals surface area contributed by atoms with Gasteiger partial charge in [0.1, 0.15) is 17.4 Å². The molecule has 0 bridgehead atoms. The molecular formula is C19H16BrF2NO2. The van der Waals surface area contributed by atoms with Gasteiger partial charge < -0.3 is 10.1 Å². The Balaban J connectivity index is 1.49. The van der Waals surface area contributed by atoms with Crippen molar-refractivity contribution >= 4 is 21.8 Å². The average molecular weight is 408 g/mol. The van der Waals surface area contributed by atoms with E-state index in [9.17, 15) is 13.6 Å². The summed E-state index contributed by atoms with van der Waals surface area (Å²) in [6.45, 7) is 0.523. The summed E-state index contributed by atoms with van der Waals surface area (Å²) in [6, 6.07) is 9.34. The largest absolute Gasteiger partial charge is 0.493 e. The van der Waals surface area contributed by atoms with Gasteiger partial charge in [0.25, 0.3) is 0 Å². The summed E-state index contributed by atoms with van der Waals surface area (Å²) in [5.41, 5.74) is 0.945. The highest BCUT2D eigenvalue weighted by Gasteiger charge is 2.47. The van der Waals surface area contributed by atoms with Crippen LogP contribution in [0.4, 0.5) is 8.78 Å². The van der Waals surface area contributed by atoms with Crippen LogP contribution < -0.4 is 10.1 Å². The summed E-state index contributed by atoms with van der Waals surface area (Å²) >= 11 is 3.43. The van der Waals surface area contributed by atoms with Gasteiger partial charge in [-0.05, 0) is 36.8 Å². The zero-order chi connectivity index (χ0) is 17.6. The van der Waals surface area contributed by atoms with Gasteiger partial charge in [-0.3, -0.25) is 4.79 Å². The Hall–Kier alpha value is -1.95. The van der Waals surface area contributed by atoms with Crippen LogP contribution in [0.2, 0.25) is 0 Å². The molecule has 3 unspecified atom stereocenters. The highest BCUT2D eigenvalue weighted by molar-refractivity contribution is 9.10. The van der Waals surface area contributed by atoms with Gasteiger partial charge in [0.2, 0.25) is 5.91 Å². The van der Waals surface area contributed by atoms with Crippen LogP contribution >= 0.6 is 15.9 Å². The first-order valence-electron chi connectivity index (χ1n) is 8.21. The molecule has 0 radical (unpaired) electrons. The van der Waals surface area contributed by atoms with Gasteiger partial charge in [-0.1, -0.05) is 22.0 Å². The van der Waals surface area contributed by atoms with Crippen molar-refractivity contribution in [1.29, 1.82) is 0 Å². The quantitative estimate of drug-likeness (QED) is 0.814. The maximum atomic E-state index is 13.9. The molecule has 1 heterocycles. The number of benzene rings is 2. The number of carbonyl (C=O) groups excluding carboxylic acids is 1. The van der Waals surface area contributed by atoms with Crippen LogP contribution in [-0.4, -0.2) is 12.5 Å². The summed E-state index contributed by atoms with van der Waals surface area (Å²) in [6.07, 6.45) is 1.14. The molecule has 1 saturated carbocycles. The second-order valence-corrected chi connectivity index (χ2v) is 7.38. The third-order valence-electron chi connectivity index (χ3n) is 4.83. The van der Waals surface area contributed by atoms with Gasteiger partial charge in [-0.15, -0.1) is 0 Å². The lowest BCUT2D eigenvalue weighted by Gasteiger charge is -2.27. The fourth-order valence-electron chi connectivity index (χ4n) is 3.46. The number of halogens is 3. The van der Waals surface area contributed by atoms with Crippen molar-refractivity contribution in [2.45, 2.75) is 24.8 Å². The number of amides is 1. The highest BCUT2D eigenvalue weighted by Crippen LogP contribution is 2.49. The lowest BCUT2D eigenvalue weighted by Crippen LogP contribution is -2.33. The number of nitrogens with one attached hydrogen (secondary N) is 1. The van der Waals surface area contributed by atoms with Crippen LogP contribution in [-0.2, 0) is 4.79 Å². The maximum absolute atomic E-state index is 13.9. The summed E-state index contributed by atoms with van der Waals surface area (Å²) in [4.78, 5) is 12.6. The fraction of sp³-hybridized carbons (Fsp3) is 0.316. The second-order valence-electron chi connectivity index (χ2n) is 6.46. The molecular weight excluding hydrogens is 392 g/mol. The Labute approximate surface area is 152 Å². The number of fused-ring (bicyclic) bond motifs is 1. The molecule has 4 rings (SSSR count). The first-order chi connectivity index (χ1) is 12.0. The van der Waals surface area contributed by atoms with Gasteiger partial charge in [0.05, 0.1) is 12.6 Å². The second kappa shape index (κ2) is 6.41. The minimum Gasteiger partial charge on any atom is -0.493 e. The third-order valence-corrected chi connectivity index (χ3v) is 5.32. The fourth-order valence-corrected chi connectivity index (χ4v) is 3.84. The lowest BCUT2D eigenvalue weighted by atomic mass is 10.00. The van der Waals surface area contributed by atoms with Crippen LogP contribution in [0.5, 0.6) is 5.75 Å². The number of rotatable bonds is 3. The van der Waals surface area contributed by atoms with E-state index in [1.165, 1.54) is 18.2 Å². The third kappa shape index (κ3) is 3.15. The van der Waals surface area contributed by atoms with Crippen molar-refractivity contribution in [1.82, 2.24) is 5.32 Å². The Kier molecular flexibility index (Phi) is 4.23. The molecule has 1 amide bonds. The van der Waals surface area contributed by atoms with Crippen LogP contribution in [0.15, 0.2) is 40.9 Å². The molecule has 1 aliphatic heterocycles. The molecule has 130 valence electrons. The highest BCUT2D eigenvalue weighted by atomic mass is 79.9. The molecule has 0 spiro atoms. The minimum atomic E-state index is -0.583. The normalized spacial score (nSPS) is 24.2. The van der Waals surface area contributed by atoms with E-state index in [1.807, 2.05) is 18.2 Å². The first-order valence-corrected chi connectivity index (χ1v) is 9.00. The van der Waals surface area contributed by atoms with E-state index < -0.39 is 11.6 Å². The standard InChI is InChI=1S/C19H16BrF2NO2/c20-10-4-5-17-13(8-10)16(6-7-25-17)23-19(24)12-9-11(12)18-14(21)2-1-3-15(18)22/h1-5,8,11-12,16H,6-7,9H2,(H,23,24). The predicted molar refractivity (Wildman–Crippen MR) is 92.3 cm³/mol. The molecule has 1 fully saturated rings. The van der Waals surface area contributed by atoms with Gasteiger partial charge >= 0.3 is 0 Å². The number of hydrogen-bond acceptors (Lipinski definition) is 2. The molecule has 0 aromatic heterocycles. The van der Waals surface area contributed by atoms with Crippen molar-refractivity contribution in [3.8, 4) is 5.75 Å². The van der Waals surface area contributed by atoms with Crippen LogP contribution in [0.1, 0.15) is 35.9 Å². The SMILES string of the molecule is O=C(NC1CCOc2ccc(Br)cc21)C1CC1c1c(F)cccc1F. The molecule has 2 aromatic rings. The van der Waals surface area contributed by atoms with E-state index in [0.717, 1.165) is 15.8 Å². The van der Waals surface area contributed by atoms with E-state index in [4.69, 9.17) is 4.74 Å². The van der Waals surface area contributed by atoms with Crippen molar-refractivity contribution in [2.24, 2.45) is 5.92 Å². The van der Waals surface area contributed by atoms with Crippen molar-refractivity contribution in [3.05, 3.63) is 63.6 Å². The molecule has 2 aromatic carbocycles. The first kappa shape index (κ1) is 16.5. The van der Waals surface area contributed by atoms with Crippen LogP contribution in [0.3, 0.4) is 0 Å². The Bertz CT molecular complexity index is 822. The lowest BCUT2D eigenvalue weighted by molar-refractivity contribution is -0.123. The van der Waals surface area contributed by atoms with E-state index in [-0.39, 0.29) is 29.3 Å².